The summed E-state index contributed by atoms with van der Waals surface area (Å²) < 4.78 is 18.8. The molecule has 4 atom stereocenters. The van der Waals surface area contributed by atoms with E-state index in [4.69, 9.17) is 14.2 Å². The maximum absolute atomic E-state index is 13.0. The molecule has 33 heavy (non-hydrogen) atoms. The monoisotopic (exact) mass is 449 g/mol. The molecule has 2 aliphatic heterocycles. The molecular formula is C28H35NO4. The number of anilines is 1. The lowest BCUT2D eigenvalue weighted by Crippen LogP contribution is -2.37. The Morgan fingerprint density at radius 1 is 1.00 bits per heavy atom. The summed E-state index contributed by atoms with van der Waals surface area (Å²) >= 11 is 0. The van der Waals surface area contributed by atoms with Gasteiger partial charge in [0.05, 0.1) is 25.2 Å². The standard InChI is InChI=1S/C28H35NO4/c1-27-17-31-26(18-4-7-20(8-5-18)29(2)3)25-21-12-13-28(32-14-15-33-28)16-19(21)6-9-22(25)23(27)10-11-24(27)30/h4-5,7-8,16,22-23,26H,6,9-15,17H2,1-3H3. The molecule has 5 heteroatoms. The van der Waals surface area contributed by atoms with E-state index in [2.05, 4.69) is 56.3 Å². The Hall–Kier alpha value is -1.95. The Kier molecular flexibility index (Phi) is 5.09. The predicted molar refractivity (Wildman–Crippen MR) is 127 cm³/mol. The molecule has 3 aliphatic carbocycles. The quantitative estimate of drug-likeness (QED) is 0.637. The zero-order valence-corrected chi connectivity index (χ0v) is 20.1. The highest BCUT2D eigenvalue weighted by Gasteiger charge is 2.55. The van der Waals surface area contributed by atoms with Crippen LogP contribution in [-0.2, 0) is 19.0 Å². The summed E-state index contributed by atoms with van der Waals surface area (Å²) in [5.74, 6) is 0.625. The number of allylic oxidation sites excluding steroid dienone is 2. The van der Waals surface area contributed by atoms with Gasteiger partial charge in [0.2, 0.25) is 0 Å². The molecule has 0 bridgehead atoms. The molecule has 2 saturated heterocycles. The summed E-state index contributed by atoms with van der Waals surface area (Å²) in [7, 11) is 4.13. The summed E-state index contributed by atoms with van der Waals surface area (Å²) in [4.78, 5) is 15.1. The Labute approximate surface area is 196 Å². The molecule has 1 aromatic rings. The van der Waals surface area contributed by atoms with Gasteiger partial charge in [-0.15, -0.1) is 0 Å². The number of hydrogen-bond donors (Lipinski definition) is 0. The fourth-order valence-corrected chi connectivity index (χ4v) is 7.10. The number of ketones is 1. The average Bonchev–Trinajstić information content (AvgIpc) is 3.34. The molecule has 5 nitrogen and oxygen atoms in total. The molecular weight excluding hydrogens is 414 g/mol. The van der Waals surface area contributed by atoms with Crippen LogP contribution >= 0.6 is 0 Å². The van der Waals surface area contributed by atoms with Crippen LogP contribution in [0.1, 0.15) is 57.1 Å². The normalized spacial score (nSPS) is 35.1. The minimum absolute atomic E-state index is 0.0976. The van der Waals surface area contributed by atoms with Crippen LogP contribution in [0.2, 0.25) is 0 Å². The second kappa shape index (κ2) is 7.79. The number of fused-ring (bicyclic) bond motifs is 4. The van der Waals surface area contributed by atoms with Crippen molar-refractivity contribution in [1.29, 1.82) is 0 Å². The molecule has 5 aliphatic rings. The van der Waals surface area contributed by atoms with Crippen molar-refractivity contribution in [3.05, 3.63) is 52.6 Å². The van der Waals surface area contributed by atoms with Gasteiger partial charge in [0.25, 0.3) is 0 Å². The summed E-state index contributed by atoms with van der Waals surface area (Å²) in [5.41, 5.74) is 6.26. The van der Waals surface area contributed by atoms with Gasteiger partial charge < -0.3 is 19.1 Å². The molecule has 4 unspecified atom stereocenters. The van der Waals surface area contributed by atoms with Gasteiger partial charge in [-0.25, -0.2) is 0 Å². The SMILES string of the molecule is CN(C)c1ccc(C2OCC3(C)C(=O)CCC3C3CCC4=CC5(CCC4=C23)OCCO5)cc1. The zero-order valence-electron chi connectivity index (χ0n) is 20.1. The molecule has 6 rings (SSSR count). The smallest absolute Gasteiger partial charge is 0.188 e. The first-order chi connectivity index (χ1) is 15.9. The Bertz CT molecular complexity index is 1020. The van der Waals surface area contributed by atoms with Crippen LogP contribution in [-0.4, -0.2) is 45.5 Å². The van der Waals surface area contributed by atoms with Gasteiger partial charge in [-0.1, -0.05) is 19.1 Å². The van der Waals surface area contributed by atoms with Crippen LogP contribution in [0, 0.1) is 17.3 Å². The van der Waals surface area contributed by atoms with E-state index in [9.17, 15) is 4.79 Å². The van der Waals surface area contributed by atoms with Crippen LogP contribution in [0.5, 0.6) is 0 Å². The minimum atomic E-state index is -0.529. The molecule has 1 spiro atoms. The molecule has 2 heterocycles. The second-order valence-electron chi connectivity index (χ2n) is 10.9. The molecule has 0 radical (unpaired) electrons. The number of rotatable bonds is 2. The Morgan fingerprint density at radius 3 is 2.48 bits per heavy atom. The molecule has 0 N–H and O–H groups in total. The van der Waals surface area contributed by atoms with Gasteiger partial charge in [0.15, 0.2) is 5.79 Å². The van der Waals surface area contributed by atoms with Gasteiger partial charge in [0, 0.05) is 32.6 Å². The first kappa shape index (κ1) is 21.6. The van der Waals surface area contributed by atoms with E-state index in [1.165, 1.54) is 28.0 Å². The van der Waals surface area contributed by atoms with Crippen molar-refractivity contribution in [2.45, 2.75) is 57.3 Å². The van der Waals surface area contributed by atoms with E-state index in [0.29, 0.717) is 43.9 Å². The average molecular weight is 450 g/mol. The van der Waals surface area contributed by atoms with Crippen molar-refractivity contribution < 1.29 is 19.0 Å². The lowest BCUT2D eigenvalue weighted by atomic mass is 9.63. The van der Waals surface area contributed by atoms with Crippen LogP contribution in [0.4, 0.5) is 5.69 Å². The summed E-state index contributed by atoms with van der Waals surface area (Å²) in [6.07, 6.45) is 7.76. The Balaban J connectivity index is 1.47. The van der Waals surface area contributed by atoms with Crippen molar-refractivity contribution in [3.63, 3.8) is 0 Å². The first-order valence-electron chi connectivity index (χ1n) is 12.6. The molecule has 3 fully saturated rings. The molecule has 176 valence electrons. The fraction of sp³-hybridized carbons (Fsp3) is 0.607. The lowest BCUT2D eigenvalue weighted by Gasteiger charge is -2.41. The van der Waals surface area contributed by atoms with Gasteiger partial charge in [0.1, 0.15) is 11.9 Å². The first-order valence-corrected chi connectivity index (χ1v) is 12.6. The number of ether oxygens (including phenoxy) is 3. The van der Waals surface area contributed by atoms with Gasteiger partial charge in [-0.3, -0.25) is 4.79 Å². The van der Waals surface area contributed by atoms with E-state index >= 15 is 0 Å². The number of carbonyl (C=O) groups excluding carboxylic acids is 1. The molecule has 0 aromatic heterocycles. The highest BCUT2D eigenvalue weighted by molar-refractivity contribution is 5.87. The van der Waals surface area contributed by atoms with Crippen LogP contribution in [0.15, 0.2) is 47.1 Å². The van der Waals surface area contributed by atoms with E-state index < -0.39 is 5.79 Å². The van der Waals surface area contributed by atoms with Gasteiger partial charge in [-0.05, 0) is 78.0 Å². The minimum Gasteiger partial charge on any atom is -0.378 e. The third-order valence-electron chi connectivity index (χ3n) is 8.92. The largest absolute Gasteiger partial charge is 0.378 e. The lowest BCUT2D eigenvalue weighted by molar-refractivity contribution is -0.130. The second-order valence-corrected chi connectivity index (χ2v) is 10.9. The summed E-state index contributed by atoms with van der Waals surface area (Å²) in [5, 5.41) is 0. The van der Waals surface area contributed by atoms with Crippen LogP contribution < -0.4 is 4.90 Å². The molecule has 1 saturated carbocycles. The van der Waals surface area contributed by atoms with E-state index in [1.54, 1.807) is 0 Å². The number of hydrogen-bond acceptors (Lipinski definition) is 5. The Morgan fingerprint density at radius 2 is 1.76 bits per heavy atom. The van der Waals surface area contributed by atoms with Crippen LogP contribution in [0.25, 0.3) is 0 Å². The number of nitrogens with zero attached hydrogens (tertiary/aromatic N) is 1. The highest BCUT2D eigenvalue weighted by atomic mass is 16.7. The van der Waals surface area contributed by atoms with E-state index in [-0.39, 0.29) is 11.5 Å². The molecule has 0 amide bonds. The number of carbonyl (C=O) groups is 1. The highest BCUT2D eigenvalue weighted by Crippen LogP contribution is 2.58. The third kappa shape index (κ3) is 3.35. The maximum atomic E-state index is 13.0. The zero-order chi connectivity index (χ0) is 22.8. The number of benzene rings is 1. The predicted octanol–water partition coefficient (Wildman–Crippen LogP) is 4.98. The summed E-state index contributed by atoms with van der Waals surface area (Å²) in [6, 6.07) is 8.77. The van der Waals surface area contributed by atoms with E-state index in [1.807, 2.05) is 0 Å². The molecule has 1 aromatic carbocycles. The topological polar surface area (TPSA) is 48.0 Å². The van der Waals surface area contributed by atoms with Crippen molar-refractivity contribution in [2.24, 2.45) is 17.3 Å². The van der Waals surface area contributed by atoms with E-state index in [0.717, 1.165) is 32.1 Å². The van der Waals surface area contributed by atoms with Gasteiger partial charge >= 0.3 is 0 Å². The van der Waals surface area contributed by atoms with Crippen molar-refractivity contribution in [3.8, 4) is 0 Å². The maximum Gasteiger partial charge on any atom is 0.188 e. The summed E-state index contributed by atoms with van der Waals surface area (Å²) in [6.45, 7) is 4.02. The number of Topliss-reactive ketones (excluding diaryl/α,β-unsaturated/α-hetero) is 1. The van der Waals surface area contributed by atoms with Crippen LogP contribution in [0.3, 0.4) is 0 Å². The third-order valence-corrected chi connectivity index (χ3v) is 8.92. The van der Waals surface area contributed by atoms with Crippen molar-refractivity contribution >= 4 is 11.5 Å². The van der Waals surface area contributed by atoms with Crippen molar-refractivity contribution in [1.82, 2.24) is 0 Å². The van der Waals surface area contributed by atoms with Crippen molar-refractivity contribution in [2.75, 3.05) is 38.8 Å². The fourth-order valence-electron chi connectivity index (χ4n) is 7.10. The van der Waals surface area contributed by atoms with Gasteiger partial charge in [-0.2, -0.15) is 0 Å².